The van der Waals surface area contributed by atoms with Gasteiger partial charge < -0.3 is 0 Å². The number of halogens is 6. The zero-order valence-electron chi connectivity index (χ0n) is 8.17. The lowest BCUT2D eigenvalue weighted by molar-refractivity contribution is 0.718. The average Bonchev–Trinajstić information content (AvgIpc) is 2.00. The van der Waals surface area contributed by atoms with Gasteiger partial charge in [0.1, 0.15) is 0 Å². The van der Waals surface area contributed by atoms with Gasteiger partial charge >= 0.3 is 12.0 Å². The van der Waals surface area contributed by atoms with Crippen molar-refractivity contribution in [3.8, 4) is 0 Å². The number of allylic oxidation sites excluding steroid dienone is 1. The standard InChI is InChI=1S/C7H12Cl6Si2/c1-6(14(8,9)10)4-3-5-7(2)15(11,12)13/h7H,1,3-5H2,2H3. The molecule has 0 rings (SSSR count). The highest BCUT2D eigenvalue weighted by Gasteiger charge is 2.33. The molecule has 0 fully saturated rings. The first-order valence-electron chi connectivity index (χ1n) is 4.37. The quantitative estimate of drug-likeness (QED) is 0.403. The van der Waals surface area contributed by atoms with E-state index in [1.165, 1.54) is 0 Å². The van der Waals surface area contributed by atoms with Crippen molar-refractivity contribution in [3.63, 3.8) is 0 Å². The summed E-state index contributed by atoms with van der Waals surface area (Å²) in [6, 6.07) is -5.32. The highest BCUT2D eigenvalue weighted by molar-refractivity contribution is 7.67. The fourth-order valence-corrected chi connectivity index (χ4v) is 3.75. The van der Waals surface area contributed by atoms with E-state index in [4.69, 9.17) is 66.5 Å². The van der Waals surface area contributed by atoms with Gasteiger partial charge in [-0.25, -0.2) is 0 Å². The summed E-state index contributed by atoms with van der Waals surface area (Å²) in [4.78, 5) is 0. The number of hydrogen-bond acceptors (Lipinski definition) is 0. The molecule has 0 aromatic rings. The normalized spacial score (nSPS) is 15.1. The highest BCUT2D eigenvalue weighted by atomic mass is 35.8. The van der Waals surface area contributed by atoms with Crippen LogP contribution in [0.15, 0.2) is 11.8 Å². The van der Waals surface area contributed by atoms with Crippen LogP contribution in [0.25, 0.3) is 0 Å². The van der Waals surface area contributed by atoms with Gasteiger partial charge in [0.25, 0.3) is 0 Å². The van der Waals surface area contributed by atoms with Crippen LogP contribution in [0.5, 0.6) is 0 Å². The summed E-state index contributed by atoms with van der Waals surface area (Å²) in [5.74, 6) is 0. The Hall–Kier alpha value is 1.91. The predicted molar refractivity (Wildman–Crippen MR) is 79.0 cm³/mol. The Morgan fingerprint density at radius 1 is 1.13 bits per heavy atom. The molecular formula is C7H12Cl6Si2. The van der Waals surface area contributed by atoms with Crippen molar-refractivity contribution in [1.82, 2.24) is 0 Å². The lowest BCUT2D eigenvalue weighted by Gasteiger charge is -2.18. The molecule has 0 aliphatic carbocycles. The summed E-state index contributed by atoms with van der Waals surface area (Å²) in [6.07, 6.45) is 2.38. The first-order chi connectivity index (χ1) is 6.55. The molecule has 0 spiro atoms. The Balaban J connectivity index is 3.87. The number of hydrogen-bond donors (Lipinski definition) is 0. The Morgan fingerprint density at radius 2 is 1.60 bits per heavy atom. The minimum Gasteiger partial charge on any atom is -0.126 e. The largest absolute Gasteiger partial charge is 0.368 e. The van der Waals surface area contributed by atoms with Crippen molar-refractivity contribution < 1.29 is 0 Å². The topological polar surface area (TPSA) is 0 Å². The molecule has 90 valence electrons. The van der Waals surface area contributed by atoms with E-state index in [-0.39, 0.29) is 5.54 Å². The van der Waals surface area contributed by atoms with E-state index >= 15 is 0 Å². The van der Waals surface area contributed by atoms with Gasteiger partial charge in [-0.3, -0.25) is 0 Å². The van der Waals surface area contributed by atoms with Gasteiger partial charge in [0.15, 0.2) is 0 Å². The molecule has 0 nitrogen and oxygen atoms in total. The summed E-state index contributed by atoms with van der Waals surface area (Å²) in [5, 5.41) is 0.714. The lowest BCUT2D eigenvalue weighted by atomic mass is 10.2. The third-order valence-electron chi connectivity index (χ3n) is 2.08. The minimum atomic E-state index is -2.74. The molecule has 0 saturated carbocycles. The van der Waals surface area contributed by atoms with Crippen molar-refractivity contribution >= 4 is 78.5 Å². The molecule has 0 aromatic heterocycles. The molecule has 0 amide bonds. The molecule has 0 bridgehead atoms. The zero-order valence-corrected chi connectivity index (χ0v) is 14.7. The summed E-state index contributed by atoms with van der Waals surface area (Å²) < 4.78 is 0. The molecule has 0 N–H and O–H groups in total. The number of rotatable bonds is 6. The summed E-state index contributed by atoms with van der Waals surface area (Å²) in [7, 11) is 0. The summed E-state index contributed by atoms with van der Waals surface area (Å²) >= 11 is 35.0. The maximum absolute atomic E-state index is 5.87. The van der Waals surface area contributed by atoms with Crippen LogP contribution in [0.1, 0.15) is 26.2 Å². The van der Waals surface area contributed by atoms with Gasteiger partial charge in [0, 0.05) is 0 Å². The van der Waals surface area contributed by atoms with E-state index in [2.05, 4.69) is 6.58 Å². The van der Waals surface area contributed by atoms with Crippen LogP contribution in [-0.2, 0) is 0 Å². The maximum Gasteiger partial charge on any atom is 0.368 e. The molecule has 1 atom stereocenters. The molecule has 8 heteroatoms. The second kappa shape index (κ2) is 6.74. The Bertz CT molecular complexity index is 219. The second-order valence-electron chi connectivity index (χ2n) is 3.44. The summed E-state index contributed by atoms with van der Waals surface area (Å²) in [5.41, 5.74) is 0.118. The second-order valence-corrected chi connectivity index (χ2v) is 21.2. The fraction of sp³-hybridized carbons (Fsp3) is 0.714. The van der Waals surface area contributed by atoms with Gasteiger partial charge in [-0.05, 0) is 30.0 Å². The van der Waals surface area contributed by atoms with E-state index in [9.17, 15) is 0 Å². The molecule has 0 aliphatic heterocycles. The predicted octanol–water partition coefficient (Wildman–Crippen LogP) is 5.95. The molecule has 0 radical (unpaired) electrons. The summed E-state index contributed by atoms with van der Waals surface area (Å²) in [6.45, 7) is 5.70. The van der Waals surface area contributed by atoms with Crippen molar-refractivity contribution in [2.75, 3.05) is 0 Å². The first kappa shape index (κ1) is 16.9. The minimum absolute atomic E-state index is 0.118. The van der Waals surface area contributed by atoms with Crippen LogP contribution in [-0.4, -0.2) is 12.0 Å². The first-order valence-corrected chi connectivity index (χ1v) is 14.5. The van der Waals surface area contributed by atoms with Gasteiger partial charge in [0.2, 0.25) is 0 Å². The molecule has 0 aliphatic rings. The Kier molecular flexibility index (Phi) is 7.60. The van der Waals surface area contributed by atoms with E-state index in [0.717, 1.165) is 12.8 Å². The molecule has 0 aromatic carbocycles. The van der Waals surface area contributed by atoms with E-state index < -0.39 is 12.0 Å². The monoisotopic (exact) mass is 362 g/mol. The molecule has 0 saturated heterocycles. The van der Waals surface area contributed by atoms with Crippen LogP contribution in [0, 0.1) is 0 Å². The molecule has 15 heavy (non-hydrogen) atoms. The maximum atomic E-state index is 5.87. The third-order valence-corrected chi connectivity index (χ3v) is 10.3. The molecule has 1 unspecified atom stereocenters. The van der Waals surface area contributed by atoms with Crippen LogP contribution >= 0.6 is 66.5 Å². The van der Waals surface area contributed by atoms with Crippen LogP contribution in [0.4, 0.5) is 0 Å². The zero-order chi connectivity index (χ0) is 12.3. The van der Waals surface area contributed by atoms with Crippen molar-refractivity contribution in [1.29, 1.82) is 0 Å². The van der Waals surface area contributed by atoms with Crippen LogP contribution in [0.2, 0.25) is 5.54 Å². The SMILES string of the molecule is C=C(CCCC(C)[Si](Cl)(Cl)Cl)[Si](Cl)(Cl)Cl. The van der Waals surface area contributed by atoms with Crippen molar-refractivity contribution in [2.45, 2.75) is 31.7 Å². The van der Waals surface area contributed by atoms with Crippen molar-refractivity contribution in [3.05, 3.63) is 11.8 Å². The smallest absolute Gasteiger partial charge is 0.126 e. The van der Waals surface area contributed by atoms with E-state index in [0.29, 0.717) is 11.6 Å². The molecule has 0 heterocycles. The highest BCUT2D eigenvalue weighted by Crippen LogP contribution is 2.38. The average molecular weight is 365 g/mol. The van der Waals surface area contributed by atoms with Gasteiger partial charge in [-0.1, -0.05) is 6.92 Å². The van der Waals surface area contributed by atoms with Crippen molar-refractivity contribution in [2.24, 2.45) is 0 Å². The van der Waals surface area contributed by atoms with E-state index in [1.807, 2.05) is 6.92 Å². The Morgan fingerprint density at radius 3 is 1.93 bits per heavy atom. The third kappa shape index (κ3) is 7.77. The van der Waals surface area contributed by atoms with E-state index in [1.54, 1.807) is 0 Å². The van der Waals surface area contributed by atoms with Gasteiger partial charge in [-0.2, -0.15) is 0 Å². The van der Waals surface area contributed by atoms with Gasteiger partial charge in [-0.15, -0.1) is 73.1 Å². The lowest BCUT2D eigenvalue weighted by Crippen LogP contribution is -2.18. The van der Waals surface area contributed by atoms with Crippen LogP contribution < -0.4 is 0 Å². The molecular weight excluding hydrogens is 353 g/mol. The fourth-order valence-electron chi connectivity index (χ4n) is 0.927. The Labute approximate surface area is 121 Å². The van der Waals surface area contributed by atoms with Gasteiger partial charge in [0.05, 0.1) is 0 Å². The van der Waals surface area contributed by atoms with Crippen LogP contribution in [0.3, 0.4) is 0 Å².